The van der Waals surface area contributed by atoms with Gasteiger partial charge in [0.1, 0.15) is 4.90 Å². The van der Waals surface area contributed by atoms with E-state index < -0.39 is 15.1 Å². The topological polar surface area (TPSA) is 29.1 Å². The van der Waals surface area contributed by atoms with Gasteiger partial charge < -0.3 is 5.32 Å². The maximum Gasteiger partial charge on any atom is 0.310 e. The molecular weight excluding hydrogens is 337 g/mol. The zero-order valence-corrected chi connectivity index (χ0v) is 13.1. The van der Waals surface area contributed by atoms with Gasteiger partial charge in [0.25, 0.3) is 0 Å². The lowest BCUT2D eigenvalue weighted by atomic mass is 9.88. The van der Waals surface area contributed by atoms with Crippen LogP contribution >= 0.6 is 10.2 Å². The van der Waals surface area contributed by atoms with Gasteiger partial charge in [-0.05, 0) is 48.8 Å². The lowest BCUT2D eigenvalue weighted by molar-refractivity contribution is -0.126. The average Bonchev–Trinajstić information content (AvgIpc) is 3.05. The van der Waals surface area contributed by atoms with Crippen LogP contribution in [0.3, 0.4) is 0 Å². The van der Waals surface area contributed by atoms with Crippen molar-refractivity contribution in [2.75, 3.05) is 0 Å². The number of amides is 1. The Kier molecular flexibility index (Phi) is 3.32. The molecule has 1 aromatic carbocycles. The molecule has 1 amide bonds. The molecule has 3 rings (SSSR count). The van der Waals surface area contributed by atoms with Crippen molar-refractivity contribution < 1.29 is 24.2 Å². The van der Waals surface area contributed by atoms with Crippen LogP contribution in [0.1, 0.15) is 31.2 Å². The lowest BCUT2D eigenvalue weighted by Crippen LogP contribution is -2.33. The second kappa shape index (κ2) is 4.62. The van der Waals surface area contributed by atoms with E-state index >= 15 is 0 Å². The fourth-order valence-electron chi connectivity index (χ4n) is 3.78. The molecule has 1 N–H and O–H groups in total. The summed E-state index contributed by atoms with van der Waals surface area (Å²) in [7, 11) is -9.68. The quantitative estimate of drug-likeness (QED) is 0.720. The van der Waals surface area contributed by atoms with Crippen LogP contribution in [0.2, 0.25) is 0 Å². The molecule has 0 aliphatic heterocycles. The minimum atomic E-state index is -9.68. The van der Waals surface area contributed by atoms with E-state index in [1.807, 2.05) is 0 Å². The van der Waals surface area contributed by atoms with Crippen LogP contribution in [-0.2, 0) is 11.3 Å². The third-order valence-electron chi connectivity index (χ3n) is 4.89. The Morgan fingerprint density at radius 3 is 2.43 bits per heavy atom. The van der Waals surface area contributed by atoms with E-state index in [1.165, 1.54) is 6.07 Å². The lowest BCUT2D eigenvalue weighted by Gasteiger charge is -2.40. The number of rotatable bonds is 4. The van der Waals surface area contributed by atoms with Gasteiger partial charge in [-0.2, -0.15) is 0 Å². The first-order valence-corrected chi connectivity index (χ1v) is 9.48. The molecule has 0 saturated heterocycles. The van der Waals surface area contributed by atoms with E-state index in [1.54, 1.807) is 0 Å². The Bertz CT molecular complexity index is 645. The summed E-state index contributed by atoms with van der Waals surface area (Å²) in [5.74, 6) is 0.658. The fourth-order valence-corrected chi connectivity index (χ4v) is 4.49. The number of carbonyl (C=O) groups is 1. The molecule has 2 fully saturated rings. The van der Waals surface area contributed by atoms with E-state index in [0.717, 1.165) is 31.7 Å². The van der Waals surface area contributed by atoms with Crippen molar-refractivity contribution in [3.05, 3.63) is 29.8 Å². The molecule has 2 bridgehead atoms. The van der Waals surface area contributed by atoms with Crippen molar-refractivity contribution in [1.82, 2.24) is 5.32 Å². The van der Waals surface area contributed by atoms with Gasteiger partial charge in [-0.3, -0.25) is 4.79 Å². The zero-order chi connectivity index (χ0) is 16.9. The molecule has 0 radical (unpaired) electrons. The van der Waals surface area contributed by atoms with Crippen LogP contribution in [0.4, 0.5) is 19.4 Å². The SMILES string of the molecule is O=C(NCc1cccc(S(F)(F)(F)(F)F)c1)[C@H]1C[C@@H]2CC[C@H]1C2. The van der Waals surface area contributed by atoms with Crippen molar-refractivity contribution in [2.45, 2.75) is 37.1 Å². The molecule has 0 aromatic heterocycles. The summed E-state index contributed by atoms with van der Waals surface area (Å²) in [6.45, 7) is -0.172. The van der Waals surface area contributed by atoms with Crippen LogP contribution in [0.5, 0.6) is 0 Å². The van der Waals surface area contributed by atoms with Crippen LogP contribution in [0.15, 0.2) is 29.2 Å². The molecular formula is C15H18F5NOS. The number of hydrogen-bond donors (Lipinski definition) is 1. The predicted molar refractivity (Wildman–Crippen MR) is 78.6 cm³/mol. The Hall–Kier alpha value is -1.31. The monoisotopic (exact) mass is 355 g/mol. The normalized spacial score (nSPS) is 29.9. The van der Waals surface area contributed by atoms with Gasteiger partial charge in [0, 0.05) is 12.5 Å². The molecule has 0 heterocycles. The van der Waals surface area contributed by atoms with Crippen molar-refractivity contribution in [2.24, 2.45) is 17.8 Å². The Morgan fingerprint density at radius 1 is 1.13 bits per heavy atom. The van der Waals surface area contributed by atoms with Gasteiger partial charge in [0.15, 0.2) is 0 Å². The summed E-state index contributed by atoms with van der Waals surface area (Å²) in [6.07, 6.45) is 4.02. The molecule has 0 unspecified atom stereocenters. The van der Waals surface area contributed by atoms with E-state index in [4.69, 9.17) is 0 Å². The molecule has 2 aliphatic rings. The zero-order valence-electron chi connectivity index (χ0n) is 12.3. The second-order valence-corrected chi connectivity index (χ2v) is 9.02. The van der Waals surface area contributed by atoms with Gasteiger partial charge in [-0.1, -0.05) is 38.0 Å². The Morgan fingerprint density at radius 2 is 1.87 bits per heavy atom. The van der Waals surface area contributed by atoms with Crippen LogP contribution < -0.4 is 5.32 Å². The highest BCUT2D eigenvalue weighted by molar-refractivity contribution is 8.45. The number of fused-ring (bicyclic) bond motifs is 2. The van der Waals surface area contributed by atoms with E-state index in [0.29, 0.717) is 24.0 Å². The molecule has 2 saturated carbocycles. The van der Waals surface area contributed by atoms with Crippen molar-refractivity contribution >= 4 is 16.1 Å². The number of nitrogens with one attached hydrogen (secondary N) is 1. The Labute approximate surface area is 131 Å². The van der Waals surface area contributed by atoms with E-state index in [-0.39, 0.29) is 23.9 Å². The first-order chi connectivity index (χ1) is 10.4. The van der Waals surface area contributed by atoms with Crippen molar-refractivity contribution in [3.8, 4) is 0 Å². The van der Waals surface area contributed by atoms with Gasteiger partial charge in [-0.15, -0.1) is 0 Å². The average molecular weight is 355 g/mol. The minimum Gasteiger partial charge on any atom is -0.352 e. The summed E-state index contributed by atoms with van der Waals surface area (Å²) >= 11 is 0. The van der Waals surface area contributed by atoms with Crippen molar-refractivity contribution in [3.63, 3.8) is 0 Å². The van der Waals surface area contributed by atoms with Gasteiger partial charge in [0.05, 0.1) is 0 Å². The second-order valence-electron chi connectivity index (χ2n) is 6.62. The van der Waals surface area contributed by atoms with Gasteiger partial charge in [0.2, 0.25) is 5.91 Å². The largest absolute Gasteiger partial charge is 0.352 e. The molecule has 23 heavy (non-hydrogen) atoms. The molecule has 130 valence electrons. The molecule has 0 spiro atoms. The third kappa shape index (κ3) is 3.62. The van der Waals surface area contributed by atoms with Gasteiger partial charge >= 0.3 is 10.2 Å². The number of hydrogen-bond acceptors (Lipinski definition) is 1. The fraction of sp³-hybridized carbons (Fsp3) is 0.533. The number of halogens is 5. The van der Waals surface area contributed by atoms with E-state index in [2.05, 4.69) is 5.32 Å². The molecule has 1 aromatic rings. The number of carbonyl (C=O) groups excluding carboxylic acids is 1. The number of benzene rings is 1. The highest BCUT2D eigenvalue weighted by atomic mass is 32.5. The summed E-state index contributed by atoms with van der Waals surface area (Å²) in [6, 6.07) is 3.02. The molecule has 2 nitrogen and oxygen atoms in total. The maximum absolute atomic E-state index is 12.8. The summed E-state index contributed by atoms with van der Waals surface area (Å²) < 4.78 is 63.9. The highest BCUT2D eigenvalue weighted by Gasteiger charge is 2.65. The maximum atomic E-state index is 12.8. The third-order valence-corrected chi connectivity index (χ3v) is 6.03. The smallest absolute Gasteiger partial charge is 0.310 e. The summed E-state index contributed by atoms with van der Waals surface area (Å²) in [5, 5.41) is 2.59. The first kappa shape index (κ1) is 16.5. The van der Waals surface area contributed by atoms with Crippen LogP contribution in [0, 0.1) is 17.8 Å². The Balaban J connectivity index is 1.66. The minimum absolute atomic E-state index is 0.0206. The predicted octanol–water partition coefficient (Wildman–Crippen LogP) is 5.40. The molecule has 8 heteroatoms. The standard InChI is InChI=1S/C15H18F5NOS/c16-23(17,18,19,20)13-3-1-2-11(7-13)9-21-15(22)14-8-10-4-5-12(14)6-10/h1-3,7,10,12,14H,4-6,8-9H2,(H,21,22)/t10-,12+,14+/m1/s1. The molecule has 3 atom stereocenters. The summed E-state index contributed by atoms with van der Waals surface area (Å²) in [4.78, 5) is 10.2. The summed E-state index contributed by atoms with van der Waals surface area (Å²) in [5.41, 5.74) is 0.0206. The van der Waals surface area contributed by atoms with Crippen molar-refractivity contribution in [1.29, 1.82) is 0 Å². The van der Waals surface area contributed by atoms with Gasteiger partial charge in [-0.25, -0.2) is 0 Å². The van der Waals surface area contributed by atoms with Crippen LogP contribution in [0.25, 0.3) is 0 Å². The highest BCUT2D eigenvalue weighted by Crippen LogP contribution is 3.02. The van der Waals surface area contributed by atoms with E-state index in [9.17, 15) is 24.2 Å². The first-order valence-electron chi connectivity index (χ1n) is 7.53. The van der Waals surface area contributed by atoms with Crippen LogP contribution in [-0.4, -0.2) is 5.91 Å². The molecule has 2 aliphatic carbocycles.